The van der Waals surface area contributed by atoms with Gasteiger partial charge in [-0.2, -0.15) is 0 Å². The Kier molecular flexibility index (Phi) is 5.26. The zero-order valence-corrected chi connectivity index (χ0v) is 12.7. The van der Waals surface area contributed by atoms with Crippen LogP contribution in [0.5, 0.6) is 0 Å². The quantitative estimate of drug-likeness (QED) is 0.886. The van der Waals surface area contributed by atoms with Crippen molar-refractivity contribution in [3.63, 3.8) is 0 Å². The van der Waals surface area contributed by atoms with Crippen molar-refractivity contribution in [1.82, 2.24) is 5.32 Å². The molecule has 0 aromatic heterocycles. The van der Waals surface area contributed by atoms with Crippen molar-refractivity contribution in [2.24, 2.45) is 0 Å². The van der Waals surface area contributed by atoms with Crippen LogP contribution in [0.25, 0.3) is 0 Å². The maximum atomic E-state index is 5.89. The molecule has 2 nitrogen and oxygen atoms in total. The van der Waals surface area contributed by atoms with Gasteiger partial charge in [-0.3, -0.25) is 0 Å². The van der Waals surface area contributed by atoms with Crippen molar-refractivity contribution >= 4 is 11.6 Å². The number of nitrogens with one attached hydrogen (secondary N) is 1. The van der Waals surface area contributed by atoms with Crippen LogP contribution in [-0.4, -0.2) is 24.8 Å². The summed E-state index contributed by atoms with van der Waals surface area (Å²) >= 11 is 5.89. The number of rotatable bonds is 5. The number of hydrogen-bond donors (Lipinski definition) is 1. The highest BCUT2D eigenvalue weighted by Gasteiger charge is 2.31. The minimum atomic E-state index is 0.0657. The van der Waals surface area contributed by atoms with E-state index in [4.69, 9.17) is 16.3 Å². The molecule has 1 aliphatic heterocycles. The van der Waals surface area contributed by atoms with Crippen molar-refractivity contribution in [1.29, 1.82) is 0 Å². The van der Waals surface area contributed by atoms with E-state index in [1.54, 1.807) is 0 Å². The third kappa shape index (κ3) is 4.48. The third-order valence-electron chi connectivity index (χ3n) is 4.10. The summed E-state index contributed by atoms with van der Waals surface area (Å²) < 4.78 is 5.87. The molecule has 2 rings (SSSR count). The van der Waals surface area contributed by atoms with E-state index in [-0.39, 0.29) is 5.60 Å². The monoisotopic (exact) mass is 281 g/mol. The van der Waals surface area contributed by atoms with Crippen LogP contribution in [0.3, 0.4) is 0 Å². The number of ether oxygens (including phenoxy) is 1. The zero-order valence-electron chi connectivity index (χ0n) is 11.9. The molecule has 1 aromatic rings. The zero-order chi connectivity index (χ0) is 13.7. The molecule has 1 heterocycles. The molecule has 106 valence electrons. The Bertz CT molecular complexity index is 392. The van der Waals surface area contributed by atoms with Gasteiger partial charge in [0.2, 0.25) is 0 Å². The van der Waals surface area contributed by atoms with Crippen LogP contribution in [0.15, 0.2) is 24.3 Å². The molecular weight excluding hydrogens is 258 g/mol. The van der Waals surface area contributed by atoms with Gasteiger partial charge in [-0.25, -0.2) is 0 Å². The second-order valence-electron chi connectivity index (χ2n) is 5.67. The Balaban J connectivity index is 1.75. The van der Waals surface area contributed by atoms with E-state index in [1.165, 1.54) is 5.56 Å². The summed E-state index contributed by atoms with van der Waals surface area (Å²) in [6, 6.07) is 8.71. The van der Waals surface area contributed by atoms with Gasteiger partial charge in [0, 0.05) is 17.7 Å². The molecule has 2 unspecified atom stereocenters. The van der Waals surface area contributed by atoms with E-state index in [0.29, 0.717) is 6.04 Å². The molecule has 0 spiro atoms. The number of benzene rings is 1. The van der Waals surface area contributed by atoms with E-state index < -0.39 is 0 Å². The normalized spacial score (nSPS) is 27.4. The minimum absolute atomic E-state index is 0.0657. The van der Waals surface area contributed by atoms with Gasteiger partial charge in [0.15, 0.2) is 0 Å². The van der Waals surface area contributed by atoms with Gasteiger partial charge in [-0.1, -0.05) is 30.7 Å². The average Bonchev–Trinajstić information content (AvgIpc) is 2.41. The van der Waals surface area contributed by atoms with Gasteiger partial charge >= 0.3 is 0 Å². The van der Waals surface area contributed by atoms with E-state index in [1.807, 2.05) is 12.1 Å². The summed E-state index contributed by atoms with van der Waals surface area (Å²) in [5, 5.41) is 4.47. The standard InChI is InChI=1S/C16H24ClNO/c1-3-16(2)12-15(9-11-19-16)18-10-8-13-4-6-14(17)7-5-13/h4-7,15,18H,3,8-12H2,1-2H3. The second-order valence-corrected chi connectivity index (χ2v) is 6.11. The minimum Gasteiger partial charge on any atom is -0.375 e. The lowest BCUT2D eigenvalue weighted by Gasteiger charge is -2.38. The molecule has 1 saturated heterocycles. The van der Waals surface area contributed by atoms with Crippen molar-refractivity contribution in [3.05, 3.63) is 34.9 Å². The van der Waals surface area contributed by atoms with Crippen molar-refractivity contribution in [3.8, 4) is 0 Å². The highest BCUT2D eigenvalue weighted by molar-refractivity contribution is 6.30. The smallest absolute Gasteiger partial charge is 0.0666 e. The van der Waals surface area contributed by atoms with Gasteiger partial charge in [0.05, 0.1) is 5.60 Å². The molecule has 1 aromatic carbocycles. The largest absolute Gasteiger partial charge is 0.375 e. The molecule has 0 aliphatic carbocycles. The summed E-state index contributed by atoms with van der Waals surface area (Å²) in [5.74, 6) is 0. The highest BCUT2D eigenvalue weighted by Crippen LogP contribution is 2.27. The van der Waals surface area contributed by atoms with E-state index in [0.717, 1.165) is 43.9 Å². The Morgan fingerprint density at radius 3 is 2.79 bits per heavy atom. The van der Waals surface area contributed by atoms with Gasteiger partial charge in [0.25, 0.3) is 0 Å². The second kappa shape index (κ2) is 6.74. The molecule has 0 amide bonds. The summed E-state index contributed by atoms with van der Waals surface area (Å²) in [6.45, 7) is 6.32. The average molecular weight is 282 g/mol. The molecule has 1 fully saturated rings. The highest BCUT2D eigenvalue weighted by atomic mass is 35.5. The Hall–Kier alpha value is -0.570. The summed E-state index contributed by atoms with van der Waals surface area (Å²) in [4.78, 5) is 0. The van der Waals surface area contributed by atoms with Crippen molar-refractivity contribution < 1.29 is 4.74 Å². The Morgan fingerprint density at radius 2 is 2.11 bits per heavy atom. The SMILES string of the molecule is CCC1(C)CC(NCCc2ccc(Cl)cc2)CCO1. The van der Waals surface area contributed by atoms with Crippen LogP contribution in [-0.2, 0) is 11.2 Å². The maximum absolute atomic E-state index is 5.89. The van der Waals surface area contributed by atoms with Crippen LogP contribution in [0.4, 0.5) is 0 Å². The van der Waals surface area contributed by atoms with Gasteiger partial charge in [-0.05, 0) is 56.8 Å². The Morgan fingerprint density at radius 1 is 1.37 bits per heavy atom. The fourth-order valence-electron chi connectivity index (χ4n) is 2.62. The lowest BCUT2D eigenvalue weighted by Crippen LogP contribution is -2.45. The maximum Gasteiger partial charge on any atom is 0.0666 e. The predicted molar refractivity (Wildman–Crippen MR) is 80.8 cm³/mol. The molecule has 0 radical (unpaired) electrons. The molecule has 1 aliphatic rings. The first kappa shape index (κ1) is 14.8. The van der Waals surface area contributed by atoms with Crippen LogP contribution < -0.4 is 5.32 Å². The molecule has 0 saturated carbocycles. The number of halogens is 1. The summed E-state index contributed by atoms with van der Waals surface area (Å²) in [6.07, 6.45) is 4.38. The lowest BCUT2D eigenvalue weighted by molar-refractivity contribution is -0.0778. The fourth-order valence-corrected chi connectivity index (χ4v) is 2.75. The van der Waals surface area contributed by atoms with Crippen molar-refractivity contribution in [2.75, 3.05) is 13.2 Å². The van der Waals surface area contributed by atoms with Gasteiger partial charge in [0.1, 0.15) is 0 Å². The third-order valence-corrected chi connectivity index (χ3v) is 4.35. The van der Waals surface area contributed by atoms with Gasteiger partial charge in [-0.15, -0.1) is 0 Å². The van der Waals surface area contributed by atoms with Crippen LogP contribution in [0.2, 0.25) is 5.02 Å². The topological polar surface area (TPSA) is 21.3 Å². The first-order valence-electron chi connectivity index (χ1n) is 7.23. The fraction of sp³-hybridized carbons (Fsp3) is 0.625. The van der Waals surface area contributed by atoms with Gasteiger partial charge < -0.3 is 10.1 Å². The van der Waals surface area contributed by atoms with Crippen LogP contribution in [0, 0.1) is 0 Å². The molecule has 2 atom stereocenters. The van der Waals surface area contributed by atoms with E-state index in [2.05, 4.69) is 31.3 Å². The first-order valence-corrected chi connectivity index (χ1v) is 7.61. The summed E-state index contributed by atoms with van der Waals surface area (Å²) in [5.41, 5.74) is 1.40. The number of hydrogen-bond acceptors (Lipinski definition) is 2. The first-order chi connectivity index (χ1) is 9.11. The van der Waals surface area contributed by atoms with Crippen LogP contribution >= 0.6 is 11.6 Å². The molecular formula is C16H24ClNO. The van der Waals surface area contributed by atoms with E-state index >= 15 is 0 Å². The lowest BCUT2D eigenvalue weighted by atomic mass is 9.90. The molecule has 0 bridgehead atoms. The molecule has 3 heteroatoms. The predicted octanol–water partition coefficient (Wildman–Crippen LogP) is 3.82. The van der Waals surface area contributed by atoms with Crippen LogP contribution in [0.1, 0.15) is 38.7 Å². The van der Waals surface area contributed by atoms with E-state index in [9.17, 15) is 0 Å². The van der Waals surface area contributed by atoms with Crippen molar-refractivity contribution in [2.45, 2.75) is 51.2 Å². The Labute approximate surface area is 121 Å². The molecule has 1 N–H and O–H groups in total. The summed E-state index contributed by atoms with van der Waals surface area (Å²) in [7, 11) is 0. The molecule has 19 heavy (non-hydrogen) atoms.